The molecule has 1 N–H and O–H groups in total. The molecule has 0 spiro atoms. The van der Waals surface area contributed by atoms with E-state index < -0.39 is 10.8 Å². The maximum absolute atomic E-state index is 12.1. The van der Waals surface area contributed by atoms with Gasteiger partial charge in [0.25, 0.3) is 11.6 Å². The van der Waals surface area contributed by atoms with E-state index >= 15 is 0 Å². The Bertz CT molecular complexity index is 841. The molecule has 1 amide bonds. The number of carbonyl (C=O) groups excluding carboxylic acids is 1. The molecule has 0 unspecified atom stereocenters. The van der Waals surface area contributed by atoms with Crippen LogP contribution < -0.4 is 5.43 Å². The molecule has 0 heterocycles. The number of hydrogen-bond donors (Lipinski definition) is 1. The molecule has 128 valence electrons. The Hall–Kier alpha value is -3.02. The van der Waals surface area contributed by atoms with Crippen LogP contribution in [0.2, 0.25) is 0 Å². The minimum absolute atomic E-state index is 0.0507. The van der Waals surface area contributed by atoms with Gasteiger partial charge in [-0.1, -0.05) is 12.1 Å². The Morgan fingerprint density at radius 3 is 2.36 bits per heavy atom. The van der Waals surface area contributed by atoms with Crippen molar-refractivity contribution in [1.82, 2.24) is 5.43 Å². The maximum atomic E-state index is 12.1. The molecule has 0 radical (unpaired) electrons. The largest absolute Gasteiger partial charge is 0.271 e. The fourth-order valence-electron chi connectivity index (χ4n) is 2.96. The summed E-state index contributed by atoms with van der Waals surface area (Å²) in [7, 11) is 0. The number of nitrogens with one attached hydrogen (secondary N) is 1. The molecular weight excluding hydrogens is 318 g/mol. The highest BCUT2D eigenvalue weighted by Gasteiger charge is 2.11. The Morgan fingerprint density at radius 1 is 1.04 bits per heavy atom. The molecule has 0 saturated carbocycles. The van der Waals surface area contributed by atoms with Crippen molar-refractivity contribution in [2.45, 2.75) is 32.6 Å². The molecule has 0 aliphatic heterocycles. The smallest absolute Gasteiger partial charge is 0.267 e. The molecule has 1 aliphatic carbocycles. The van der Waals surface area contributed by atoms with Crippen LogP contribution in [0.25, 0.3) is 0 Å². The fourth-order valence-corrected chi connectivity index (χ4v) is 2.96. The van der Waals surface area contributed by atoms with Gasteiger partial charge in [0.1, 0.15) is 0 Å². The molecule has 0 fully saturated rings. The first kappa shape index (κ1) is 16.8. The molecule has 0 aromatic heterocycles. The Kier molecular flexibility index (Phi) is 4.88. The number of non-ortho nitro benzene ring substituents is 1. The van der Waals surface area contributed by atoms with E-state index in [2.05, 4.69) is 22.7 Å². The Labute approximate surface area is 145 Å². The average Bonchev–Trinajstić information content (AvgIpc) is 2.65. The fraction of sp³-hybridized carbons (Fsp3) is 0.263. The van der Waals surface area contributed by atoms with Crippen molar-refractivity contribution in [1.29, 1.82) is 0 Å². The van der Waals surface area contributed by atoms with Gasteiger partial charge in [-0.3, -0.25) is 14.9 Å². The van der Waals surface area contributed by atoms with Crippen molar-refractivity contribution in [2.24, 2.45) is 5.10 Å². The van der Waals surface area contributed by atoms with Crippen LogP contribution in [0, 0.1) is 10.1 Å². The lowest BCUT2D eigenvalue weighted by atomic mass is 9.90. The SMILES string of the molecule is CC(=NNC(=O)c1ccc([N+](=O)[O-])cc1)c1ccc2c(c1)CCCC2. The number of nitro groups is 1. The van der Waals surface area contributed by atoms with Crippen molar-refractivity contribution >= 4 is 17.3 Å². The third kappa shape index (κ3) is 3.91. The number of hydrazone groups is 1. The highest BCUT2D eigenvalue weighted by atomic mass is 16.6. The third-order valence-electron chi connectivity index (χ3n) is 4.43. The number of hydrogen-bond acceptors (Lipinski definition) is 4. The first-order chi connectivity index (χ1) is 12.0. The van der Waals surface area contributed by atoms with Crippen LogP contribution in [0.15, 0.2) is 47.6 Å². The minimum Gasteiger partial charge on any atom is -0.267 e. The van der Waals surface area contributed by atoms with E-state index in [-0.39, 0.29) is 5.69 Å². The number of aryl methyl sites for hydroxylation is 2. The lowest BCUT2D eigenvalue weighted by Gasteiger charge is -2.16. The lowest BCUT2D eigenvalue weighted by molar-refractivity contribution is -0.384. The number of carbonyl (C=O) groups is 1. The van der Waals surface area contributed by atoms with Crippen LogP contribution in [0.1, 0.15) is 46.8 Å². The van der Waals surface area contributed by atoms with E-state index in [0.29, 0.717) is 5.56 Å². The van der Waals surface area contributed by atoms with Gasteiger partial charge < -0.3 is 0 Å². The molecule has 25 heavy (non-hydrogen) atoms. The quantitative estimate of drug-likeness (QED) is 0.525. The van der Waals surface area contributed by atoms with E-state index in [4.69, 9.17) is 0 Å². The van der Waals surface area contributed by atoms with Gasteiger partial charge in [0.2, 0.25) is 0 Å². The number of nitro benzene ring substituents is 1. The van der Waals surface area contributed by atoms with E-state index in [0.717, 1.165) is 24.1 Å². The summed E-state index contributed by atoms with van der Waals surface area (Å²) in [6.07, 6.45) is 4.67. The normalized spacial score (nSPS) is 13.9. The predicted molar refractivity (Wildman–Crippen MR) is 95.9 cm³/mol. The average molecular weight is 337 g/mol. The Morgan fingerprint density at radius 2 is 1.68 bits per heavy atom. The van der Waals surface area contributed by atoms with Gasteiger partial charge in [-0.05, 0) is 67.5 Å². The molecule has 2 aromatic rings. The summed E-state index contributed by atoms with van der Waals surface area (Å²) in [5.74, 6) is -0.396. The monoisotopic (exact) mass is 337 g/mol. The summed E-state index contributed by atoms with van der Waals surface area (Å²) >= 11 is 0. The second-order valence-corrected chi connectivity index (χ2v) is 6.13. The molecule has 0 atom stereocenters. The van der Waals surface area contributed by atoms with Gasteiger partial charge in [0.15, 0.2) is 0 Å². The summed E-state index contributed by atoms with van der Waals surface area (Å²) in [6.45, 7) is 1.85. The van der Waals surface area contributed by atoms with Gasteiger partial charge in [0.05, 0.1) is 10.6 Å². The number of nitrogens with zero attached hydrogens (tertiary/aromatic N) is 2. The molecule has 2 aromatic carbocycles. The summed E-state index contributed by atoms with van der Waals surface area (Å²) in [6, 6.07) is 11.7. The number of fused-ring (bicyclic) bond motifs is 1. The molecule has 3 rings (SSSR count). The van der Waals surface area contributed by atoms with Crippen LogP contribution in [0.4, 0.5) is 5.69 Å². The van der Waals surface area contributed by atoms with Gasteiger partial charge >= 0.3 is 0 Å². The molecule has 6 nitrogen and oxygen atoms in total. The second kappa shape index (κ2) is 7.25. The first-order valence-electron chi connectivity index (χ1n) is 8.26. The van der Waals surface area contributed by atoms with Gasteiger partial charge in [-0.15, -0.1) is 0 Å². The van der Waals surface area contributed by atoms with E-state index in [9.17, 15) is 14.9 Å². The van der Waals surface area contributed by atoms with Gasteiger partial charge in [-0.25, -0.2) is 5.43 Å². The maximum Gasteiger partial charge on any atom is 0.271 e. The third-order valence-corrected chi connectivity index (χ3v) is 4.43. The molecule has 0 bridgehead atoms. The van der Waals surface area contributed by atoms with Crippen LogP contribution in [0.5, 0.6) is 0 Å². The summed E-state index contributed by atoms with van der Waals surface area (Å²) in [4.78, 5) is 22.2. The van der Waals surface area contributed by atoms with Crippen LogP contribution in [-0.4, -0.2) is 16.5 Å². The highest BCUT2D eigenvalue weighted by Crippen LogP contribution is 2.22. The number of benzene rings is 2. The van der Waals surface area contributed by atoms with Gasteiger partial charge in [0, 0.05) is 17.7 Å². The zero-order valence-electron chi connectivity index (χ0n) is 14.0. The molecule has 0 saturated heterocycles. The first-order valence-corrected chi connectivity index (χ1v) is 8.26. The van der Waals surface area contributed by atoms with E-state index in [1.165, 1.54) is 48.2 Å². The summed E-state index contributed by atoms with van der Waals surface area (Å²) in [5.41, 5.74) is 7.26. The molecular formula is C19H19N3O3. The standard InChI is InChI=1S/C19H19N3O3/c1-13(16-7-6-14-4-2-3-5-17(14)12-16)20-21-19(23)15-8-10-18(11-9-15)22(24)25/h6-12H,2-5H2,1H3,(H,21,23). The van der Waals surface area contributed by atoms with Crippen molar-refractivity contribution in [3.63, 3.8) is 0 Å². The zero-order chi connectivity index (χ0) is 17.8. The van der Waals surface area contributed by atoms with Crippen molar-refractivity contribution < 1.29 is 9.72 Å². The second-order valence-electron chi connectivity index (χ2n) is 6.13. The highest BCUT2D eigenvalue weighted by molar-refractivity contribution is 6.01. The molecule has 6 heteroatoms. The van der Waals surface area contributed by atoms with E-state index in [1.54, 1.807) is 0 Å². The van der Waals surface area contributed by atoms with Crippen molar-refractivity contribution in [3.8, 4) is 0 Å². The molecule has 1 aliphatic rings. The number of amides is 1. The predicted octanol–water partition coefficient (Wildman–Crippen LogP) is 3.63. The van der Waals surface area contributed by atoms with Crippen LogP contribution >= 0.6 is 0 Å². The van der Waals surface area contributed by atoms with Crippen molar-refractivity contribution in [3.05, 3.63) is 74.8 Å². The van der Waals surface area contributed by atoms with Crippen LogP contribution in [-0.2, 0) is 12.8 Å². The minimum atomic E-state index is -0.500. The zero-order valence-corrected chi connectivity index (χ0v) is 14.0. The van der Waals surface area contributed by atoms with Crippen molar-refractivity contribution in [2.75, 3.05) is 0 Å². The van der Waals surface area contributed by atoms with Crippen LogP contribution in [0.3, 0.4) is 0 Å². The summed E-state index contributed by atoms with van der Waals surface area (Å²) < 4.78 is 0. The van der Waals surface area contributed by atoms with Gasteiger partial charge in [-0.2, -0.15) is 5.10 Å². The van der Waals surface area contributed by atoms with E-state index in [1.807, 2.05) is 13.0 Å². The lowest BCUT2D eigenvalue weighted by Crippen LogP contribution is -2.19. The topological polar surface area (TPSA) is 84.6 Å². The summed E-state index contributed by atoms with van der Waals surface area (Å²) in [5, 5.41) is 14.8. The number of rotatable bonds is 4. The Balaban J connectivity index is 1.70.